The predicted molar refractivity (Wildman–Crippen MR) is 116 cm³/mol. The second-order valence-electron chi connectivity index (χ2n) is 7.53. The van der Waals surface area contributed by atoms with Crippen molar-refractivity contribution in [2.75, 3.05) is 49.8 Å². The van der Waals surface area contributed by atoms with Gasteiger partial charge in [0.25, 0.3) is 0 Å². The van der Waals surface area contributed by atoms with E-state index >= 15 is 0 Å². The predicted octanol–water partition coefficient (Wildman–Crippen LogP) is 2.95. The monoisotopic (exact) mass is 403 g/mol. The van der Waals surface area contributed by atoms with Crippen LogP contribution in [0.25, 0.3) is 11.3 Å². The standard InChI is InChI=1S/C23H25N5O2/c1-29-19-4-2-17(3-5-19)16-28-11-8-20-21(18-6-9-24-10-7-18)25-23(26-22(20)28)27-12-14-30-15-13-27/h2-7,9-10H,8,11-16H2,1H3. The summed E-state index contributed by atoms with van der Waals surface area (Å²) in [5, 5.41) is 0. The van der Waals surface area contributed by atoms with Crippen LogP contribution < -0.4 is 14.5 Å². The van der Waals surface area contributed by atoms with E-state index in [1.54, 1.807) is 7.11 Å². The minimum atomic E-state index is 0.709. The molecule has 0 bridgehead atoms. The molecule has 1 saturated heterocycles. The number of anilines is 2. The van der Waals surface area contributed by atoms with Crippen LogP contribution in [0, 0.1) is 0 Å². The molecule has 0 radical (unpaired) electrons. The van der Waals surface area contributed by atoms with E-state index in [2.05, 4.69) is 26.9 Å². The third-order valence-electron chi connectivity index (χ3n) is 5.68. The van der Waals surface area contributed by atoms with E-state index in [-0.39, 0.29) is 0 Å². The minimum Gasteiger partial charge on any atom is -0.497 e. The zero-order valence-electron chi connectivity index (χ0n) is 17.1. The zero-order chi connectivity index (χ0) is 20.3. The molecule has 4 heterocycles. The molecule has 5 rings (SSSR count). The van der Waals surface area contributed by atoms with Crippen molar-refractivity contribution >= 4 is 11.8 Å². The van der Waals surface area contributed by atoms with Gasteiger partial charge in [0.2, 0.25) is 5.95 Å². The highest BCUT2D eigenvalue weighted by atomic mass is 16.5. The largest absolute Gasteiger partial charge is 0.497 e. The number of aromatic nitrogens is 3. The Kier molecular flexibility index (Phi) is 5.19. The number of rotatable bonds is 5. The van der Waals surface area contributed by atoms with Gasteiger partial charge < -0.3 is 19.3 Å². The molecule has 2 aliphatic heterocycles. The van der Waals surface area contributed by atoms with E-state index in [1.807, 2.05) is 36.7 Å². The van der Waals surface area contributed by atoms with Crippen LogP contribution in [-0.4, -0.2) is 54.9 Å². The number of benzene rings is 1. The Balaban J connectivity index is 1.52. The summed E-state index contributed by atoms with van der Waals surface area (Å²) in [6.45, 7) is 4.79. The number of morpholine rings is 1. The molecule has 0 aliphatic carbocycles. The number of hydrogen-bond acceptors (Lipinski definition) is 7. The lowest BCUT2D eigenvalue weighted by Crippen LogP contribution is -2.37. The van der Waals surface area contributed by atoms with Crippen molar-refractivity contribution in [2.45, 2.75) is 13.0 Å². The lowest BCUT2D eigenvalue weighted by molar-refractivity contribution is 0.122. The number of hydrogen-bond donors (Lipinski definition) is 0. The maximum atomic E-state index is 5.52. The van der Waals surface area contributed by atoms with Crippen LogP contribution >= 0.6 is 0 Å². The molecule has 0 N–H and O–H groups in total. The first-order chi connectivity index (χ1) is 14.8. The zero-order valence-corrected chi connectivity index (χ0v) is 17.1. The molecule has 0 atom stereocenters. The van der Waals surface area contributed by atoms with Gasteiger partial charge in [-0.05, 0) is 36.2 Å². The van der Waals surface area contributed by atoms with E-state index in [0.29, 0.717) is 13.2 Å². The third kappa shape index (κ3) is 3.68. The molecule has 7 nitrogen and oxygen atoms in total. The lowest BCUT2D eigenvalue weighted by atomic mass is 10.1. The van der Waals surface area contributed by atoms with E-state index < -0.39 is 0 Å². The van der Waals surface area contributed by atoms with E-state index in [4.69, 9.17) is 19.4 Å². The smallest absolute Gasteiger partial charge is 0.228 e. The SMILES string of the molecule is COc1ccc(CN2CCc3c(-c4ccncc4)nc(N4CCOCC4)nc32)cc1. The van der Waals surface area contributed by atoms with Gasteiger partial charge >= 0.3 is 0 Å². The van der Waals surface area contributed by atoms with Crippen molar-refractivity contribution in [3.05, 3.63) is 59.9 Å². The lowest BCUT2D eigenvalue weighted by Gasteiger charge is -2.28. The van der Waals surface area contributed by atoms with Crippen LogP contribution in [0.5, 0.6) is 5.75 Å². The van der Waals surface area contributed by atoms with Crippen molar-refractivity contribution in [3.63, 3.8) is 0 Å². The molecule has 0 amide bonds. The summed E-state index contributed by atoms with van der Waals surface area (Å²) in [7, 11) is 1.69. The van der Waals surface area contributed by atoms with Gasteiger partial charge in [0.05, 0.1) is 26.0 Å². The average Bonchev–Trinajstić information content (AvgIpc) is 3.23. The second-order valence-corrected chi connectivity index (χ2v) is 7.53. The molecular weight excluding hydrogens is 378 g/mol. The number of fused-ring (bicyclic) bond motifs is 1. The summed E-state index contributed by atoms with van der Waals surface area (Å²) >= 11 is 0. The Morgan fingerprint density at radius 3 is 2.47 bits per heavy atom. The van der Waals surface area contributed by atoms with E-state index in [1.165, 1.54) is 11.1 Å². The van der Waals surface area contributed by atoms with Gasteiger partial charge in [0.15, 0.2) is 0 Å². The summed E-state index contributed by atoms with van der Waals surface area (Å²) in [6, 6.07) is 12.3. The normalized spacial score (nSPS) is 15.9. The molecule has 1 fully saturated rings. The van der Waals surface area contributed by atoms with Crippen LogP contribution in [0.2, 0.25) is 0 Å². The Hall–Kier alpha value is -3.19. The van der Waals surface area contributed by atoms with Crippen LogP contribution in [0.4, 0.5) is 11.8 Å². The number of nitrogens with zero attached hydrogens (tertiary/aromatic N) is 5. The van der Waals surface area contributed by atoms with Gasteiger partial charge in [0.1, 0.15) is 11.6 Å². The number of ether oxygens (including phenoxy) is 2. The van der Waals surface area contributed by atoms with Crippen LogP contribution in [0.1, 0.15) is 11.1 Å². The summed E-state index contributed by atoms with van der Waals surface area (Å²) in [6.07, 6.45) is 4.58. The molecule has 0 saturated carbocycles. The first-order valence-corrected chi connectivity index (χ1v) is 10.3. The molecule has 7 heteroatoms. The Morgan fingerprint density at radius 1 is 0.967 bits per heavy atom. The second kappa shape index (κ2) is 8.28. The quantitative estimate of drug-likeness (QED) is 0.649. The van der Waals surface area contributed by atoms with Gasteiger partial charge in [-0.15, -0.1) is 0 Å². The number of pyridine rings is 1. The first kappa shape index (κ1) is 18.8. The van der Waals surface area contributed by atoms with Gasteiger partial charge in [0, 0.05) is 49.7 Å². The Morgan fingerprint density at radius 2 is 1.73 bits per heavy atom. The van der Waals surface area contributed by atoms with Crippen LogP contribution in [0.15, 0.2) is 48.8 Å². The van der Waals surface area contributed by atoms with Crippen molar-refractivity contribution < 1.29 is 9.47 Å². The molecule has 3 aromatic rings. The minimum absolute atomic E-state index is 0.709. The van der Waals surface area contributed by atoms with Gasteiger partial charge in [-0.25, -0.2) is 4.98 Å². The van der Waals surface area contributed by atoms with E-state index in [0.717, 1.165) is 61.4 Å². The Bertz CT molecular complexity index is 1000. The fourth-order valence-corrected chi connectivity index (χ4v) is 4.06. The molecule has 0 spiro atoms. The van der Waals surface area contributed by atoms with Crippen molar-refractivity contribution in [3.8, 4) is 17.0 Å². The van der Waals surface area contributed by atoms with Crippen molar-refractivity contribution in [1.29, 1.82) is 0 Å². The summed E-state index contributed by atoms with van der Waals surface area (Å²) in [5.74, 6) is 2.69. The topological polar surface area (TPSA) is 63.6 Å². The molecule has 154 valence electrons. The van der Waals surface area contributed by atoms with Crippen molar-refractivity contribution in [2.24, 2.45) is 0 Å². The van der Waals surface area contributed by atoms with Crippen molar-refractivity contribution in [1.82, 2.24) is 15.0 Å². The van der Waals surface area contributed by atoms with E-state index in [9.17, 15) is 0 Å². The maximum absolute atomic E-state index is 5.52. The van der Waals surface area contributed by atoms with Crippen LogP contribution in [-0.2, 0) is 17.7 Å². The summed E-state index contributed by atoms with van der Waals surface area (Å²) < 4.78 is 10.8. The highest BCUT2D eigenvalue weighted by Gasteiger charge is 2.28. The maximum Gasteiger partial charge on any atom is 0.228 e. The van der Waals surface area contributed by atoms with Gasteiger partial charge in [-0.3, -0.25) is 4.98 Å². The fourth-order valence-electron chi connectivity index (χ4n) is 4.06. The molecule has 0 unspecified atom stereocenters. The highest BCUT2D eigenvalue weighted by molar-refractivity contribution is 5.72. The molecule has 1 aromatic carbocycles. The summed E-state index contributed by atoms with van der Waals surface area (Å²) in [4.78, 5) is 18.8. The van der Waals surface area contributed by atoms with Crippen LogP contribution in [0.3, 0.4) is 0 Å². The van der Waals surface area contributed by atoms with Gasteiger partial charge in [-0.1, -0.05) is 12.1 Å². The Labute approximate surface area is 176 Å². The average molecular weight is 403 g/mol. The third-order valence-corrected chi connectivity index (χ3v) is 5.68. The fraction of sp³-hybridized carbons (Fsp3) is 0.348. The highest BCUT2D eigenvalue weighted by Crippen LogP contribution is 2.36. The molecule has 2 aliphatic rings. The first-order valence-electron chi connectivity index (χ1n) is 10.3. The summed E-state index contributed by atoms with van der Waals surface area (Å²) in [5.41, 5.74) is 4.55. The van der Waals surface area contributed by atoms with Gasteiger partial charge in [-0.2, -0.15) is 4.98 Å². The molecule has 2 aromatic heterocycles. The number of methoxy groups -OCH3 is 1. The molecular formula is C23H25N5O2. The molecule has 30 heavy (non-hydrogen) atoms.